The van der Waals surface area contributed by atoms with Crippen molar-refractivity contribution in [2.24, 2.45) is 0 Å². The van der Waals surface area contributed by atoms with Crippen molar-refractivity contribution >= 4 is 40.3 Å². The molecule has 1 fully saturated rings. The molecule has 0 radical (unpaired) electrons. The number of nitrogens with one attached hydrogen (secondary N) is 1. The molecule has 0 saturated carbocycles. The molecule has 0 atom stereocenters. The highest BCUT2D eigenvalue weighted by atomic mass is 32.2. The second kappa shape index (κ2) is 3.39. The third-order valence-corrected chi connectivity index (χ3v) is 2.56. The summed E-state index contributed by atoms with van der Waals surface area (Å²) in [6.07, 6.45) is 2.58. The Hall–Kier alpha value is -1.41. The molecule has 1 aromatic heterocycles. The van der Waals surface area contributed by atoms with Crippen LogP contribution in [0.15, 0.2) is 11.2 Å². The van der Waals surface area contributed by atoms with E-state index in [1.165, 1.54) is 6.08 Å². The van der Waals surface area contributed by atoms with E-state index in [0.29, 0.717) is 14.1 Å². The lowest BCUT2D eigenvalue weighted by Gasteiger charge is -1.86. The Balaban J connectivity index is 2.27. The van der Waals surface area contributed by atoms with Gasteiger partial charge < -0.3 is 10.5 Å². The van der Waals surface area contributed by atoms with Crippen LogP contribution < -0.4 is 5.32 Å². The Morgan fingerprint density at radius 1 is 1.71 bits per heavy atom. The van der Waals surface area contributed by atoms with Crippen molar-refractivity contribution in [3.8, 4) is 0 Å². The van der Waals surface area contributed by atoms with Gasteiger partial charge in [-0.3, -0.25) is 4.79 Å². The molecular weight excluding hydrogens is 224 g/mol. The SMILES string of the molecule is O=C1NC(=S)S/C1=C\c1ncn(O)n1. The Kier molecular flexibility index (Phi) is 2.22. The third-order valence-electron chi connectivity index (χ3n) is 1.40. The van der Waals surface area contributed by atoms with Crippen molar-refractivity contribution in [2.45, 2.75) is 0 Å². The van der Waals surface area contributed by atoms with Crippen molar-refractivity contribution in [2.75, 3.05) is 0 Å². The molecule has 1 amide bonds. The van der Waals surface area contributed by atoms with Gasteiger partial charge in [0.05, 0.1) is 4.91 Å². The topological polar surface area (TPSA) is 80.0 Å². The van der Waals surface area contributed by atoms with Crippen LogP contribution in [0.2, 0.25) is 0 Å². The zero-order valence-corrected chi connectivity index (χ0v) is 8.30. The minimum absolute atomic E-state index is 0.259. The molecule has 2 heterocycles. The van der Waals surface area contributed by atoms with Crippen LogP contribution in [0.4, 0.5) is 0 Å². The van der Waals surface area contributed by atoms with Crippen LogP contribution in [-0.2, 0) is 4.79 Å². The summed E-state index contributed by atoms with van der Waals surface area (Å²) >= 11 is 5.93. The first-order valence-corrected chi connectivity index (χ1v) is 4.73. The number of carbonyl (C=O) groups excluding carboxylic acids is 1. The van der Waals surface area contributed by atoms with Crippen molar-refractivity contribution in [1.82, 2.24) is 20.2 Å². The summed E-state index contributed by atoms with van der Waals surface area (Å²) in [5, 5.41) is 14.9. The Bertz CT molecular complexity index is 439. The van der Waals surface area contributed by atoms with E-state index >= 15 is 0 Å². The smallest absolute Gasteiger partial charge is 0.263 e. The number of amides is 1. The zero-order valence-electron chi connectivity index (χ0n) is 6.67. The standard InChI is InChI=1S/C6H4N4O2S2/c11-5-3(14-6(13)8-5)1-4-7-2-10(12)9-4/h1-2,12H,(H,8,11,13)/b3-1-. The highest BCUT2D eigenvalue weighted by molar-refractivity contribution is 8.26. The van der Waals surface area contributed by atoms with Crippen LogP contribution >= 0.6 is 24.0 Å². The van der Waals surface area contributed by atoms with E-state index in [4.69, 9.17) is 17.4 Å². The number of hydrogen-bond donors (Lipinski definition) is 2. The van der Waals surface area contributed by atoms with Crippen LogP contribution in [0.3, 0.4) is 0 Å². The molecule has 2 rings (SSSR count). The van der Waals surface area contributed by atoms with Crippen molar-refractivity contribution in [3.05, 3.63) is 17.1 Å². The first-order chi connectivity index (χ1) is 6.65. The maximum absolute atomic E-state index is 11.2. The zero-order chi connectivity index (χ0) is 10.1. The summed E-state index contributed by atoms with van der Waals surface area (Å²) in [7, 11) is 0. The van der Waals surface area contributed by atoms with E-state index in [9.17, 15) is 4.79 Å². The summed E-state index contributed by atoms with van der Waals surface area (Å²) in [5.41, 5.74) is 0. The third kappa shape index (κ3) is 1.75. The molecule has 14 heavy (non-hydrogen) atoms. The lowest BCUT2D eigenvalue weighted by Crippen LogP contribution is -2.17. The van der Waals surface area contributed by atoms with Gasteiger partial charge >= 0.3 is 0 Å². The molecule has 1 aromatic rings. The second-order valence-corrected chi connectivity index (χ2v) is 4.09. The molecule has 8 heteroatoms. The summed E-state index contributed by atoms with van der Waals surface area (Å²) in [4.78, 5) is 15.9. The van der Waals surface area contributed by atoms with Gasteiger partial charge in [0, 0.05) is 6.08 Å². The van der Waals surface area contributed by atoms with Gasteiger partial charge in [-0.15, -0.1) is 5.10 Å². The van der Waals surface area contributed by atoms with Crippen LogP contribution in [0.25, 0.3) is 6.08 Å². The number of aromatic nitrogens is 3. The molecule has 0 aliphatic carbocycles. The van der Waals surface area contributed by atoms with E-state index in [1.807, 2.05) is 0 Å². The summed E-state index contributed by atoms with van der Waals surface area (Å²) in [6.45, 7) is 0. The normalized spacial score (nSPS) is 19.0. The molecule has 6 nitrogen and oxygen atoms in total. The van der Waals surface area contributed by atoms with Crippen LogP contribution in [0.5, 0.6) is 0 Å². The number of rotatable bonds is 1. The van der Waals surface area contributed by atoms with Gasteiger partial charge in [-0.2, -0.15) is 0 Å². The molecular formula is C6H4N4O2S2. The van der Waals surface area contributed by atoms with Gasteiger partial charge in [-0.1, -0.05) is 28.8 Å². The first kappa shape index (κ1) is 9.16. The maximum Gasteiger partial charge on any atom is 0.263 e. The van der Waals surface area contributed by atoms with Crippen LogP contribution in [0, 0.1) is 0 Å². The molecule has 1 aliphatic rings. The Morgan fingerprint density at radius 2 is 2.50 bits per heavy atom. The van der Waals surface area contributed by atoms with E-state index in [2.05, 4.69) is 15.4 Å². The van der Waals surface area contributed by atoms with Gasteiger partial charge in [0.25, 0.3) is 5.91 Å². The highest BCUT2D eigenvalue weighted by Crippen LogP contribution is 2.24. The fraction of sp³-hybridized carbons (Fsp3) is 0. The Morgan fingerprint density at radius 3 is 3.00 bits per heavy atom. The molecule has 0 unspecified atom stereocenters. The van der Waals surface area contributed by atoms with Crippen molar-refractivity contribution < 1.29 is 10.0 Å². The molecule has 1 aliphatic heterocycles. The van der Waals surface area contributed by atoms with E-state index < -0.39 is 0 Å². The lowest BCUT2D eigenvalue weighted by molar-refractivity contribution is -0.115. The van der Waals surface area contributed by atoms with Gasteiger partial charge in [0.15, 0.2) is 12.2 Å². The molecule has 0 bridgehead atoms. The minimum Gasteiger partial charge on any atom is -0.410 e. The molecule has 0 spiro atoms. The summed E-state index contributed by atoms with van der Waals surface area (Å²) in [5.74, 6) is -0.0101. The number of thiocarbonyl (C=S) groups is 1. The van der Waals surface area contributed by atoms with Gasteiger partial charge in [0.2, 0.25) is 0 Å². The summed E-state index contributed by atoms with van der Waals surface area (Å²) in [6, 6.07) is 0. The van der Waals surface area contributed by atoms with Crippen molar-refractivity contribution in [1.29, 1.82) is 0 Å². The quantitative estimate of drug-likeness (QED) is 0.400. The number of thioether (sulfide) groups is 1. The molecule has 2 N–H and O–H groups in total. The van der Waals surface area contributed by atoms with Crippen LogP contribution in [0.1, 0.15) is 5.82 Å². The monoisotopic (exact) mass is 228 g/mol. The van der Waals surface area contributed by atoms with Gasteiger partial charge in [-0.25, -0.2) is 4.98 Å². The first-order valence-electron chi connectivity index (χ1n) is 3.51. The van der Waals surface area contributed by atoms with Gasteiger partial charge in [-0.05, 0) is 0 Å². The van der Waals surface area contributed by atoms with E-state index in [1.54, 1.807) is 0 Å². The predicted octanol–water partition coefficient (Wildman–Crippen LogP) is 0.00420. The number of carbonyl (C=O) groups is 1. The maximum atomic E-state index is 11.2. The highest BCUT2D eigenvalue weighted by Gasteiger charge is 2.22. The molecule has 72 valence electrons. The number of hydrogen-bond acceptors (Lipinski definition) is 6. The van der Waals surface area contributed by atoms with Crippen molar-refractivity contribution in [3.63, 3.8) is 0 Å². The largest absolute Gasteiger partial charge is 0.410 e. The van der Waals surface area contributed by atoms with Crippen LogP contribution in [-0.4, -0.2) is 30.4 Å². The number of nitrogens with zero attached hydrogens (tertiary/aromatic N) is 3. The minimum atomic E-state index is -0.269. The van der Waals surface area contributed by atoms with E-state index in [-0.39, 0.29) is 11.7 Å². The summed E-state index contributed by atoms with van der Waals surface area (Å²) < 4.78 is 0.407. The molecule has 1 saturated heterocycles. The second-order valence-electron chi connectivity index (χ2n) is 2.38. The lowest BCUT2D eigenvalue weighted by atomic mass is 10.4. The van der Waals surface area contributed by atoms with E-state index in [0.717, 1.165) is 18.1 Å². The average molecular weight is 228 g/mol. The molecule has 0 aromatic carbocycles. The fourth-order valence-corrected chi connectivity index (χ4v) is 1.89. The average Bonchev–Trinajstić information content (AvgIpc) is 2.61. The Labute approximate surface area is 88.0 Å². The predicted molar refractivity (Wildman–Crippen MR) is 53.5 cm³/mol. The van der Waals surface area contributed by atoms with Gasteiger partial charge in [0.1, 0.15) is 4.32 Å². The fourth-order valence-electron chi connectivity index (χ4n) is 0.872.